The first-order chi connectivity index (χ1) is 14.9. The summed E-state index contributed by atoms with van der Waals surface area (Å²) in [7, 11) is 1.86. The van der Waals surface area contributed by atoms with Crippen LogP contribution in [0.25, 0.3) is 11.3 Å². The SMILES string of the molecule is C[C@H]1c2sccc2[C@@H](c2cnn(C)c2)CN1C(=O)c1cc(-c2ccc(F)cc2F)on1. The van der Waals surface area contributed by atoms with Crippen LogP contribution in [-0.4, -0.2) is 32.3 Å². The van der Waals surface area contributed by atoms with Crippen LogP contribution in [0.15, 0.2) is 52.6 Å². The van der Waals surface area contributed by atoms with Crippen molar-refractivity contribution in [1.82, 2.24) is 19.8 Å². The Kier molecular flexibility index (Phi) is 4.70. The second kappa shape index (κ2) is 7.42. The third kappa shape index (κ3) is 3.34. The van der Waals surface area contributed by atoms with Gasteiger partial charge in [-0.05, 0) is 41.6 Å². The molecule has 9 heteroatoms. The van der Waals surface area contributed by atoms with E-state index in [-0.39, 0.29) is 34.9 Å². The van der Waals surface area contributed by atoms with Crippen molar-refractivity contribution in [3.63, 3.8) is 0 Å². The second-order valence-corrected chi connectivity index (χ2v) is 8.52. The van der Waals surface area contributed by atoms with Gasteiger partial charge in [0.05, 0.1) is 17.8 Å². The molecule has 1 aliphatic rings. The highest BCUT2D eigenvalue weighted by molar-refractivity contribution is 7.10. The van der Waals surface area contributed by atoms with Gasteiger partial charge in [-0.15, -0.1) is 11.3 Å². The number of hydrogen-bond donors (Lipinski definition) is 0. The van der Waals surface area contributed by atoms with Crippen molar-refractivity contribution < 1.29 is 18.1 Å². The van der Waals surface area contributed by atoms with Crippen molar-refractivity contribution in [3.05, 3.63) is 81.4 Å². The summed E-state index contributed by atoms with van der Waals surface area (Å²) in [5, 5.41) is 10.2. The third-order valence-electron chi connectivity index (χ3n) is 5.64. The minimum absolute atomic E-state index is 0.00369. The van der Waals surface area contributed by atoms with Crippen LogP contribution in [0, 0.1) is 11.6 Å². The minimum atomic E-state index is -0.777. The first-order valence-corrected chi connectivity index (χ1v) is 10.6. The molecule has 0 radical (unpaired) electrons. The number of hydrogen-bond acceptors (Lipinski definition) is 5. The first kappa shape index (κ1) is 19.6. The van der Waals surface area contributed by atoms with E-state index in [0.29, 0.717) is 6.54 Å². The summed E-state index contributed by atoms with van der Waals surface area (Å²) in [6.45, 7) is 2.44. The van der Waals surface area contributed by atoms with Gasteiger partial charge < -0.3 is 9.42 Å². The molecule has 158 valence electrons. The fraction of sp³-hybridized carbons (Fsp3) is 0.227. The molecule has 0 aliphatic carbocycles. The third-order valence-corrected chi connectivity index (χ3v) is 6.75. The van der Waals surface area contributed by atoms with Gasteiger partial charge in [0.25, 0.3) is 5.91 Å². The van der Waals surface area contributed by atoms with Gasteiger partial charge in [-0.3, -0.25) is 9.48 Å². The van der Waals surface area contributed by atoms with Gasteiger partial charge in [0, 0.05) is 42.7 Å². The number of carbonyl (C=O) groups excluding carboxylic acids is 1. The maximum atomic E-state index is 14.1. The Hall–Kier alpha value is -3.33. The zero-order valence-corrected chi connectivity index (χ0v) is 17.6. The Morgan fingerprint density at radius 3 is 2.84 bits per heavy atom. The molecule has 31 heavy (non-hydrogen) atoms. The molecule has 2 atom stereocenters. The summed E-state index contributed by atoms with van der Waals surface area (Å²) in [5.74, 6) is -1.70. The van der Waals surface area contributed by atoms with Crippen LogP contribution in [-0.2, 0) is 7.05 Å². The van der Waals surface area contributed by atoms with E-state index in [1.54, 1.807) is 20.9 Å². The van der Waals surface area contributed by atoms with Gasteiger partial charge >= 0.3 is 0 Å². The molecule has 5 rings (SSSR count). The van der Waals surface area contributed by atoms with Crippen LogP contribution >= 0.6 is 11.3 Å². The van der Waals surface area contributed by atoms with E-state index in [9.17, 15) is 13.6 Å². The van der Waals surface area contributed by atoms with Gasteiger partial charge in [-0.25, -0.2) is 8.78 Å². The number of halogens is 2. The molecule has 1 aliphatic heterocycles. The average Bonchev–Trinajstić information content (AvgIpc) is 3.48. The Morgan fingerprint density at radius 1 is 1.26 bits per heavy atom. The molecular formula is C22H18F2N4O2S. The molecule has 0 N–H and O–H groups in total. The van der Waals surface area contributed by atoms with E-state index in [0.717, 1.165) is 22.6 Å². The average molecular weight is 440 g/mol. The number of amides is 1. The predicted octanol–water partition coefficient (Wildman–Crippen LogP) is 4.76. The number of aromatic nitrogens is 3. The normalized spacial score (nSPS) is 18.3. The summed E-state index contributed by atoms with van der Waals surface area (Å²) < 4.78 is 34.3. The lowest BCUT2D eigenvalue weighted by molar-refractivity contribution is 0.0659. The van der Waals surface area contributed by atoms with Crippen LogP contribution in [0.4, 0.5) is 8.78 Å². The lowest BCUT2D eigenvalue weighted by atomic mass is 9.87. The Labute approximate surface area is 180 Å². The minimum Gasteiger partial charge on any atom is -0.355 e. The molecule has 0 spiro atoms. The van der Waals surface area contributed by atoms with E-state index in [2.05, 4.69) is 16.3 Å². The number of fused-ring (bicyclic) bond motifs is 1. The highest BCUT2D eigenvalue weighted by Crippen LogP contribution is 2.42. The Balaban J connectivity index is 1.47. The first-order valence-electron chi connectivity index (χ1n) is 9.71. The topological polar surface area (TPSA) is 64.2 Å². The molecule has 3 aromatic heterocycles. The van der Waals surface area contributed by atoms with E-state index in [1.807, 2.05) is 31.7 Å². The molecule has 4 heterocycles. The Bertz CT molecular complexity index is 1280. The lowest BCUT2D eigenvalue weighted by Gasteiger charge is -2.37. The standard InChI is InChI=1S/C22H18F2N4O2S/c1-12-21-15(5-6-31-21)17(13-9-25-27(2)10-13)11-28(12)22(29)19-8-20(30-26-19)16-4-3-14(23)7-18(16)24/h3-10,12,17H,11H2,1-2H3/t12-,17+/m0/s1. The predicted molar refractivity (Wildman–Crippen MR) is 111 cm³/mol. The lowest BCUT2D eigenvalue weighted by Crippen LogP contribution is -2.40. The maximum Gasteiger partial charge on any atom is 0.276 e. The highest BCUT2D eigenvalue weighted by atomic mass is 32.1. The molecule has 6 nitrogen and oxygen atoms in total. The quantitative estimate of drug-likeness (QED) is 0.461. The summed E-state index contributed by atoms with van der Waals surface area (Å²) in [6, 6.07) is 6.52. The van der Waals surface area contributed by atoms with Gasteiger partial charge in [0.2, 0.25) is 0 Å². The molecule has 0 unspecified atom stereocenters. The van der Waals surface area contributed by atoms with E-state index in [4.69, 9.17) is 4.52 Å². The summed E-state index contributed by atoms with van der Waals surface area (Å²) in [6.07, 6.45) is 3.77. The number of benzene rings is 1. The van der Waals surface area contributed by atoms with Gasteiger partial charge in [0.15, 0.2) is 11.5 Å². The van der Waals surface area contributed by atoms with Crippen molar-refractivity contribution in [2.75, 3.05) is 6.54 Å². The molecule has 0 bridgehead atoms. The van der Waals surface area contributed by atoms with Crippen LogP contribution in [0.2, 0.25) is 0 Å². The van der Waals surface area contributed by atoms with Crippen LogP contribution in [0.5, 0.6) is 0 Å². The largest absolute Gasteiger partial charge is 0.355 e. The van der Waals surface area contributed by atoms with Crippen molar-refractivity contribution in [2.24, 2.45) is 7.05 Å². The van der Waals surface area contributed by atoms with Crippen molar-refractivity contribution >= 4 is 17.2 Å². The van der Waals surface area contributed by atoms with Crippen LogP contribution in [0.3, 0.4) is 0 Å². The smallest absolute Gasteiger partial charge is 0.276 e. The molecule has 0 fully saturated rings. The van der Waals surface area contributed by atoms with Crippen molar-refractivity contribution in [2.45, 2.75) is 18.9 Å². The van der Waals surface area contributed by atoms with E-state index >= 15 is 0 Å². The fourth-order valence-electron chi connectivity index (χ4n) is 4.06. The molecule has 1 amide bonds. The Morgan fingerprint density at radius 2 is 2.10 bits per heavy atom. The maximum absolute atomic E-state index is 14.1. The molecule has 1 aromatic carbocycles. The fourth-order valence-corrected chi connectivity index (χ4v) is 5.09. The molecular weight excluding hydrogens is 422 g/mol. The van der Waals surface area contributed by atoms with Crippen LogP contribution < -0.4 is 0 Å². The summed E-state index contributed by atoms with van der Waals surface area (Å²) >= 11 is 1.61. The monoisotopic (exact) mass is 440 g/mol. The number of thiophene rings is 1. The number of nitrogens with zero attached hydrogens (tertiary/aromatic N) is 4. The second-order valence-electron chi connectivity index (χ2n) is 7.57. The summed E-state index contributed by atoms with van der Waals surface area (Å²) in [4.78, 5) is 16.2. The number of carbonyl (C=O) groups is 1. The van der Waals surface area contributed by atoms with Crippen molar-refractivity contribution in [3.8, 4) is 11.3 Å². The van der Waals surface area contributed by atoms with Crippen molar-refractivity contribution in [1.29, 1.82) is 0 Å². The van der Waals surface area contributed by atoms with E-state index < -0.39 is 11.6 Å². The molecule has 0 saturated carbocycles. The van der Waals surface area contributed by atoms with Gasteiger partial charge in [-0.2, -0.15) is 5.10 Å². The zero-order valence-electron chi connectivity index (χ0n) is 16.8. The molecule has 0 saturated heterocycles. The number of aryl methyl sites for hydroxylation is 1. The van der Waals surface area contributed by atoms with E-state index in [1.165, 1.54) is 17.7 Å². The highest BCUT2D eigenvalue weighted by Gasteiger charge is 2.37. The zero-order chi connectivity index (χ0) is 21.7. The van der Waals surface area contributed by atoms with Gasteiger partial charge in [0.1, 0.15) is 11.6 Å². The summed E-state index contributed by atoms with van der Waals surface area (Å²) in [5.41, 5.74) is 2.36. The molecule has 4 aromatic rings. The number of rotatable bonds is 3. The van der Waals surface area contributed by atoms with Gasteiger partial charge in [-0.1, -0.05) is 5.16 Å². The van der Waals surface area contributed by atoms with Crippen LogP contribution in [0.1, 0.15) is 45.4 Å².